The molecule has 8 nitrogen and oxygen atoms in total. The van der Waals surface area contributed by atoms with Crippen LogP contribution in [0.25, 0.3) is 10.6 Å². The highest BCUT2D eigenvalue weighted by Gasteiger charge is 2.34. The van der Waals surface area contributed by atoms with Crippen molar-refractivity contribution < 1.29 is 17.7 Å². The van der Waals surface area contributed by atoms with Gasteiger partial charge >= 0.3 is 0 Å². The lowest BCUT2D eigenvalue weighted by Crippen LogP contribution is -2.50. The van der Waals surface area contributed by atoms with Gasteiger partial charge in [-0.15, -0.1) is 11.3 Å². The van der Waals surface area contributed by atoms with Crippen LogP contribution in [-0.4, -0.2) is 59.8 Å². The maximum Gasteiger partial charge on any atom is 0.273 e. The number of carbonyl (C=O) groups is 1. The van der Waals surface area contributed by atoms with Crippen LogP contribution in [0.5, 0.6) is 0 Å². The minimum Gasteiger partial charge on any atom is -0.360 e. The van der Waals surface area contributed by atoms with Crippen molar-refractivity contribution in [1.82, 2.24) is 19.3 Å². The van der Waals surface area contributed by atoms with Gasteiger partial charge in [-0.05, 0) is 20.8 Å². The van der Waals surface area contributed by atoms with Crippen molar-refractivity contribution in [3.63, 3.8) is 0 Å². The van der Waals surface area contributed by atoms with E-state index in [1.165, 1.54) is 15.6 Å². The van der Waals surface area contributed by atoms with Crippen LogP contribution < -0.4 is 0 Å². The van der Waals surface area contributed by atoms with Crippen LogP contribution in [0.1, 0.15) is 27.5 Å². The summed E-state index contributed by atoms with van der Waals surface area (Å²) >= 11 is 1.42. The first kappa shape index (κ1) is 20.7. The molecule has 0 unspecified atom stereocenters. The number of carbonyl (C=O) groups excluding carboxylic acids is 1. The van der Waals surface area contributed by atoms with E-state index in [-0.39, 0.29) is 29.7 Å². The van der Waals surface area contributed by atoms with Crippen LogP contribution in [0.3, 0.4) is 0 Å². The largest absolute Gasteiger partial charge is 0.360 e. The molecule has 3 aromatic rings. The van der Waals surface area contributed by atoms with Crippen molar-refractivity contribution in [1.29, 1.82) is 0 Å². The number of benzene rings is 1. The van der Waals surface area contributed by atoms with Gasteiger partial charge < -0.3 is 9.42 Å². The number of thiazole rings is 1. The fraction of sp³-hybridized carbons (Fsp3) is 0.350. The van der Waals surface area contributed by atoms with Crippen molar-refractivity contribution in [3.05, 3.63) is 52.4 Å². The van der Waals surface area contributed by atoms with Gasteiger partial charge in [0.15, 0.2) is 5.76 Å². The van der Waals surface area contributed by atoms with Crippen LogP contribution >= 0.6 is 11.3 Å². The van der Waals surface area contributed by atoms with E-state index in [2.05, 4.69) is 10.1 Å². The molecule has 1 fully saturated rings. The summed E-state index contributed by atoms with van der Waals surface area (Å²) in [5.74, 6) is 0.0936. The van der Waals surface area contributed by atoms with Crippen molar-refractivity contribution >= 4 is 27.3 Å². The minimum absolute atomic E-state index is 0.115. The summed E-state index contributed by atoms with van der Waals surface area (Å²) in [6.07, 6.45) is 0. The molecule has 0 spiro atoms. The van der Waals surface area contributed by atoms with Gasteiger partial charge in [-0.1, -0.05) is 35.0 Å². The first-order valence-corrected chi connectivity index (χ1v) is 11.8. The first-order valence-electron chi connectivity index (χ1n) is 9.52. The second kappa shape index (κ2) is 7.93. The Bertz CT molecular complexity index is 1150. The molecule has 0 aliphatic carbocycles. The van der Waals surface area contributed by atoms with Gasteiger partial charge in [-0.2, -0.15) is 4.31 Å². The molecule has 1 amide bonds. The zero-order valence-electron chi connectivity index (χ0n) is 17.0. The lowest BCUT2D eigenvalue weighted by molar-refractivity contribution is 0.0692. The average Bonchev–Trinajstić information content (AvgIpc) is 3.35. The van der Waals surface area contributed by atoms with Gasteiger partial charge in [-0.3, -0.25) is 4.79 Å². The van der Waals surface area contributed by atoms with Gasteiger partial charge in [0.05, 0.1) is 0 Å². The number of aromatic nitrogens is 2. The lowest BCUT2D eigenvalue weighted by Gasteiger charge is -2.33. The Kier molecular flexibility index (Phi) is 5.48. The Hall–Kier alpha value is -2.56. The summed E-state index contributed by atoms with van der Waals surface area (Å²) in [4.78, 5) is 19.1. The molecule has 0 N–H and O–H groups in total. The number of aryl methyl sites for hydroxylation is 3. The first-order chi connectivity index (χ1) is 14.3. The minimum atomic E-state index is -3.70. The normalized spacial score (nSPS) is 15.5. The number of nitrogens with zero attached hydrogens (tertiary/aromatic N) is 4. The smallest absolute Gasteiger partial charge is 0.273 e. The standard InChI is InChI=1S/C20H22N4O4S2/c1-13-4-6-16(7-5-13)19-21-17(12-29-19)20(25)23-8-10-24(11-9-23)30(26,27)18-14(2)22-28-15(18)3/h4-7,12H,8-11H2,1-3H3. The lowest BCUT2D eigenvalue weighted by atomic mass is 10.2. The molecular formula is C20H22N4O4S2. The van der Waals surface area contributed by atoms with Crippen LogP contribution in [-0.2, 0) is 10.0 Å². The molecule has 0 bridgehead atoms. The molecular weight excluding hydrogens is 424 g/mol. The molecule has 1 aromatic carbocycles. The van der Waals surface area contributed by atoms with E-state index in [0.717, 1.165) is 16.1 Å². The molecule has 0 atom stereocenters. The summed E-state index contributed by atoms with van der Waals surface area (Å²) < 4.78 is 32.2. The van der Waals surface area contributed by atoms with Gasteiger partial charge in [0.25, 0.3) is 5.91 Å². The number of amides is 1. The van der Waals surface area contributed by atoms with Crippen LogP contribution in [0.4, 0.5) is 0 Å². The maximum absolute atomic E-state index is 12.9. The third kappa shape index (κ3) is 3.78. The second-order valence-corrected chi connectivity index (χ2v) is 9.99. The summed E-state index contributed by atoms with van der Waals surface area (Å²) in [5.41, 5.74) is 2.87. The van der Waals surface area contributed by atoms with Crippen LogP contribution in [0, 0.1) is 20.8 Å². The quantitative estimate of drug-likeness (QED) is 0.611. The van der Waals surface area contributed by atoms with E-state index >= 15 is 0 Å². The van der Waals surface area contributed by atoms with Gasteiger partial charge in [0.1, 0.15) is 21.3 Å². The molecule has 3 heterocycles. The van der Waals surface area contributed by atoms with E-state index in [0.29, 0.717) is 24.5 Å². The summed E-state index contributed by atoms with van der Waals surface area (Å²) in [5, 5.41) is 6.28. The molecule has 158 valence electrons. The monoisotopic (exact) mass is 446 g/mol. The van der Waals surface area contributed by atoms with E-state index in [1.54, 1.807) is 24.1 Å². The Morgan fingerprint density at radius 2 is 1.73 bits per heavy atom. The van der Waals surface area contributed by atoms with Crippen molar-refractivity contribution in [3.8, 4) is 10.6 Å². The van der Waals surface area contributed by atoms with Crippen molar-refractivity contribution in [2.24, 2.45) is 0 Å². The Morgan fingerprint density at radius 3 is 2.33 bits per heavy atom. The highest BCUT2D eigenvalue weighted by atomic mass is 32.2. The van der Waals surface area contributed by atoms with Crippen molar-refractivity contribution in [2.75, 3.05) is 26.2 Å². The number of hydrogen-bond acceptors (Lipinski definition) is 7. The highest BCUT2D eigenvalue weighted by molar-refractivity contribution is 7.89. The van der Waals surface area contributed by atoms with Crippen LogP contribution in [0.2, 0.25) is 0 Å². The summed E-state index contributed by atoms with van der Waals surface area (Å²) in [7, 11) is -3.70. The zero-order chi connectivity index (χ0) is 21.5. The molecule has 1 aliphatic rings. The third-order valence-electron chi connectivity index (χ3n) is 5.11. The molecule has 10 heteroatoms. The fourth-order valence-corrected chi connectivity index (χ4v) is 5.98. The third-order valence-corrected chi connectivity index (χ3v) is 8.15. The van der Waals surface area contributed by atoms with Gasteiger partial charge in [-0.25, -0.2) is 13.4 Å². The van der Waals surface area contributed by atoms with E-state index in [1.807, 2.05) is 31.2 Å². The predicted molar refractivity (Wildman–Crippen MR) is 113 cm³/mol. The summed E-state index contributed by atoms with van der Waals surface area (Å²) in [6, 6.07) is 8.00. The highest BCUT2D eigenvalue weighted by Crippen LogP contribution is 2.26. The molecule has 30 heavy (non-hydrogen) atoms. The molecule has 0 saturated carbocycles. The Balaban J connectivity index is 1.44. The molecule has 2 aromatic heterocycles. The van der Waals surface area contributed by atoms with E-state index < -0.39 is 10.0 Å². The number of rotatable bonds is 4. The molecule has 1 saturated heterocycles. The van der Waals surface area contributed by atoms with Crippen molar-refractivity contribution in [2.45, 2.75) is 25.7 Å². The zero-order valence-corrected chi connectivity index (χ0v) is 18.6. The van der Waals surface area contributed by atoms with E-state index in [4.69, 9.17) is 4.52 Å². The SMILES string of the molecule is Cc1ccc(-c2nc(C(=O)N3CCN(S(=O)(=O)c4c(C)noc4C)CC3)cs2)cc1. The van der Waals surface area contributed by atoms with Gasteiger partial charge in [0.2, 0.25) is 10.0 Å². The second-order valence-electron chi connectivity index (χ2n) is 7.25. The maximum atomic E-state index is 12.9. The predicted octanol–water partition coefficient (Wildman–Crippen LogP) is 2.87. The van der Waals surface area contributed by atoms with Gasteiger partial charge in [0, 0.05) is 37.1 Å². The summed E-state index contributed by atoms with van der Waals surface area (Å²) in [6.45, 7) is 6.25. The number of hydrogen-bond donors (Lipinski definition) is 0. The fourth-order valence-electron chi connectivity index (χ4n) is 3.47. The average molecular weight is 447 g/mol. The molecule has 0 radical (unpaired) electrons. The number of sulfonamides is 1. The Labute approximate surface area is 179 Å². The van der Waals surface area contributed by atoms with Crippen LogP contribution in [0.15, 0.2) is 39.1 Å². The molecule has 4 rings (SSSR count). The Morgan fingerprint density at radius 1 is 1.07 bits per heavy atom. The topological polar surface area (TPSA) is 96.6 Å². The molecule has 1 aliphatic heterocycles. The van der Waals surface area contributed by atoms with E-state index in [9.17, 15) is 13.2 Å². The number of piperazine rings is 1.